The van der Waals surface area contributed by atoms with Gasteiger partial charge in [0.15, 0.2) is 0 Å². The van der Waals surface area contributed by atoms with Crippen molar-refractivity contribution < 1.29 is 14.3 Å². The van der Waals surface area contributed by atoms with Gasteiger partial charge in [-0.2, -0.15) is 0 Å². The van der Waals surface area contributed by atoms with E-state index < -0.39 is 6.04 Å². The third-order valence-electron chi connectivity index (χ3n) is 4.83. The van der Waals surface area contributed by atoms with Gasteiger partial charge >= 0.3 is 5.97 Å². The zero-order valence-corrected chi connectivity index (χ0v) is 15.1. The largest absolute Gasteiger partial charge is 0.467 e. The van der Waals surface area contributed by atoms with Crippen LogP contribution in [0.1, 0.15) is 40.9 Å². The fourth-order valence-electron chi connectivity index (χ4n) is 3.33. The van der Waals surface area contributed by atoms with Crippen LogP contribution in [-0.2, 0) is 9.53 Å². The number of aromatic nitrogens is 2. The van der Waals surface area contributed by atoms with Crippen LogP contribution in [-0.4, -0.2) is 52.5 Å². The van der Waals surface area contributed by atoms with E-state index in [0.29, 0.717) is 23.9 Å². The number of likely N-dealkylation sites (tertiary alicyclic amines) is 1. The van der Waals surface area contributed by atoms with Crippen LogP contribution in [0.2, 0.25) is 0 Å². The van der Waals surface area contributed by atoms with E-state index >= 15 is 0 Å². The van der Waals surface area contributed by atoms with E-state index in [-0.39, 0.29) is 11.9 Å². The number of carbonyl (C=O) groups excluding carboxylic acids is 2. The summed E-state index contributed by atoms with van der Waals surface area (Å²) in [5.41, 5.74) is 0.879. The molecule has 2 aliphatic rings. The third-order valence-corrected chi connectivity index (χ3v) is 6.01. The lowest BCUT2D eigenvalue weighted by atomic mass is 10.1. The molecule has 25 heavy (non-hydrogen) atoms. The Morgan fingerprint density at radius 1 is 1.32 bits per heavy atom. The summed E-state index contributed by atoms with van der Waals surface area (Å²) in [6.45, 7) is 2.50. The molecular formula is C17H20N4O3S. The van der Waals surface area contributed by atoms with Gasteiger partial charge < -0.3 is 15.0 Å². The van der Waals surface area contributed by atoms with E-state index in [4.69, 9.17) is 4.74 Å². The molecule has 0 bridgehead atoms. The van der Waals surface area contributed by atoms with Gasteiger partial charge in [-0.1, -0.05) is 0 Å². The van der Waals surface area contributed by atoms with Crippen molar-refractivity contribution >= 4 is 39.2 Å². The Balaban J connectivity index is 1.70. The first kappa shape index (κ1) is 16.3. The quantitative estimate of drug-likeness (QED) is 0.843. The van der Waals surface area contributed by atoms with Crippen molar-refractivity contribution in [2.75, 3.05) is 19.0 Å². The molecule has 7 nitrogen and oxygen atoms in total. The van der Waals surface area contributed by atoms with Crippen molar-refractivity contribution in [1.29, 1.82) is 0 Å². The Bertz CT molecular complexity index is 846. The number of thiophene rings is 1. The van der Waals surface area contributed by atoms with Gasteiger partial charge in [0.05, 0.1) is 17.4 Å². The van der Waals surface area contributed by atoms with Crippen molar-refractivity contribution in [3.05, 3.63) is 16.8 Å². The molecule has 1 N–H and O–H groups in total. The van der Waals surface area contributed by atoms with Gasteiger partial charge in [0.1, 0.15) is 23.0 Å². The van der Waals surface area contributed by atoms with E-state index in [1.165, 1.54) is 24.8 Å². The molecule has 3 heterocycles. The Labute approximate surface area is 149 Å². The number of hydrogen-bond acceptors (Lipinski definition) is 7. The van der Waals surface area contributed by atoms with Crippen LogP contribution >= 0.6 is 11.3 Å². The second kappa shape index (κ2) is 6.25. The van der Waals surface area contributed by atoms with Gasteiger partial charge in [-0.05, 0) is 38.2 Å². The number of rotatable bonds is 4. The fourth-order valence-corrected chi connectivity index (χ4v) is 4.43. The summed E-state index contributed by atoms with van der Waals surface area (Å²) in [6.07, 6.45) is 5.29. The predicted octanol–water partition coefficient (Wildman–Crippen LogP) is 2.35. The number of fused-ring (bicyclic) bond motifs is 1. The van der Waals surface area contributed by atoms with Crippen LogP contribution in [0.15, 0.2) is 6.33 Å². The lowest BCUT2D eigenvalue weighted by Gasteiger charge is -2.22. The van der Waals surface area contributed by atoms with Crippen LogP contribution in [0.4, 0.5) is 5.82 Å². The Morgan fingerprint density at radius 3 is 2.84 bits per heavy atom. The monoisotopic (exact) mass is 360 g/mol. The molecule has 2 aromatic heterocycles. The average molecular weight is 360 g/mol. The number of hydrogen-bond donors (Lipinski definition) is 1. The lowest BCUT2D eigenvalue weighted by molar-refractivity contribution is -0.145. The number of esters is 1. The van der Waals surface area contributed by atoms with Gasteiger partial charge in [-0.15, -0.1) is 11.3 Å². The molecule has 0 spiro atoms. The minimum Gasteiger partial charge on any atom is -0.467 e. The number of aryl methyl sites for hydroxylation is 1. The predicted molar refractivity (Wildman–Crippen MR) is 94.9 cm³/mol. The van der Waals surface area contributed by atoms with Crippen molar-refractivity contribution in [3.8, 4) is 0 Å². The summed E-state index contributed by atoms with van der Waals surface area (Å²) < 4.78 is 4.85. The molecule has 1 atom stereocenters. The van der Waals surface area contributed by atoms with Crippen molar-refractivity contribution in [1.82, 2.24) is 14.9 Å². The smallest absolute Gasteiger partial charge is 0.328 e. The molecular weight excluding hydrogens is 340 g/mol. The van der Waals surface area contributed by atoms with Gasteiger partial charge in [0, 0.05) is 12.6 Å². The maximum Gasteiger partial charge on any atom is 0.328 e. The Morgan fingerprint density at radius 2 is 2.12 bits per heavy atom. The van der Waals surface area contributed by atoms with Crippen molar-refractivity contribution in [3.63, 3.8) is 0 Å². The molecule has 1 aliphatic carbocycles. The van der Waals surface area contributed by atoms with Gasteiger partial charge in [-0.25, -0.2) is 14.8 Å². The molecule has 2 fully saturated rings. The minimum atomic E-state index is -0.489. The molecule has 8 heteroatoms. The SMILES string of the molecule is COC(=O)[C@@H]1CCCN1C(=O)c1sc2ncnc(NC3CC3)c2c1C. The number of methoxy groups -OCH3 is 1. The number of nitrogens with one attached hydrogen (secondary N) is 1. The van der Waals surface area contributed by atoms with E-state index in [2.05, 4.69) is 15.3 Å². The molecule has 1 saturated heterocycles. The van der Waals surface area contributed by atoms with Crippen LogP contribution in [0, 0.1) is 6.92 Å². The second-order valence-electron chi connectivity index (χ2n) is 6.56. The van der Waals surface area contributed by atoms with E-state index in [9.17, 15) is 9.59 Å². The summed E-state index contributed by atoms with van der Waals surface area (Å²) in [4.78, 5) is 36.8. The molecule has 0 aromatic carbocycles. The van der Waals surface area contributed by atoms with Gasteiger partial charge in [0.25, 0.3) is 5.91 Å². The summed E-state index contributed by atoms with van der Waals surface area (Å²) in [6, 6.07) is -0.0175. The van der Waals surface area contributed by atoms with Crippen molar-refractivity contribution in [2.45, 2.75) is 44.7 Å². The standard InChI is InChI=1S/C17H20N4O3S/c1-9-12-14(20-10-5-6-10)18-8-19-15(12)25-13(9)16(22)21-7-3-4-11(21)17(23)24-2/h8,10-11H,3-7H2,1-2H3,(H,18,19,20)/t11-/m0/s1. The van der Waals surface area contributed by atoms with E-state index in [0.717, 1.165) is 40.9 Å². The third kappa shape index (κ3) is 2.84. The fraction of sp³-hybridized carbons (Fsp3) is 0.529. The van der Waals surface area contributed by atoms with E-state index in [1.807, 2.05) is 6.92 Å². The number of anilines is 1. The highest BCUT2D eigenvalue weighted by atomic mass is 32.1. The van der Waals surface area contributed by atoms with Crippen LogP contribution < -0.4 is 5.32 Å². The molecule has 1 amide bonds. The maximum absolute atomic E-state index is 13.1. The molecule has 0 radical (unpaired) electrons. The topological polar surface area (TPSA) is 84.4 Å². The Kier molecular flexibility index (Phi) is 4.07. The van der Waals surface area contributed by atoms with Crippen molar-refractivity contribution in [2.24, 2.45) is 0 Å². The van der Waals surface area contributed by atoms with E-state index in [1.54, 1.807) is 4.90 Å². The lowest BCUT2D eigenvalue weighted by Crippen LogP contribution is -2.41. The Hall–Kier alpha value is -2.22. The number of carbonyl (C=O) groups is 2. The highest BCUT2D eigenvalue weighted by Crippen LogP contribution is 2.36. The van der Waals surface area contributed by atoms with Crippen LogP contribution in [0.5, 0.6) is 0 Å². The van der Waals surface area contributed by atoms with Crippen LogP contribution in [0.3, 0.4) is 0 Å². The van der Waals surface area contributed by atoms with Crippen LogP contribution in [0.25, 0.3) is 10.2 Å². The average Bonchev–Trinajstić information content (AvgIpc) is 3.18. The minimum absolute atomic E-state index is 0.120. The van der Waals surface area contributed by atoms with Gasteiger partial charge in [-0.3, -0.25) is 4.79 Å². The summed E-state index contributed by atoms with van der Waals surface area (Å²) in [7, 11) is 1.36. The molecule has 2 aromatic rings. The van der Waals surface area contributed by atoms with Gasteiger partial charge in [0.2, 0.25) is 0 Å². The molecule has 1 saturated carbocycles. The molecule has 132 valence electrons. The maximum atomic E-state index is 13.1. The summed E-state index contributed by atoms with van der Waals surface area (Å²) in [5.74, 6) is 0.331. The number of amides is 1. The second-order valence-corrected chi connectivity index (χ2v) is 7.56. The first-order valence-corrected chi connectivity index (χ1v) is 9.31. The first-order valence-electron chi connectivity index (χ1n) is 8.49. The molecule has 4 rings (SSSR count). The zero-order valence-electron chi connectivity index (χ0n) is 14.2. The number of ether oxygens (including phenoxy) is 1. The highest BCUT2D eigenvalue weighted by molar-refractivity contribution is 7.20. The molecule has 0 unspecified atom stereocenters. The normalized spacial score (nSPS) is 20.1. The number of nitrogens with zero attached hydrogens (tertiary/aromatic N) is 3. The highest BCUT2D eigenvalue weighted by Gasteiger charge is 2.37. The summed E-state index contributed by atoms with van der Waals surface area (Å²) in [5, 5.41) is 4.33. The molecule has 1 aliphatic heterocycles. The summed E-state index contributed by atoms with van der Waals surface area (Å²) >= 11 is 1.37. The zero-order chi connectivity index (χ0) is 17.6. The first-order chi connectivity index (χ1) is 12.1.